The molecule has 0 saturated heterocycles. The average Bonchev–Trinajstić information content (AvgIpc) is 2.98. The summed E-state index contributed by atoms with van der Waals surface area (Å²) in [6, 6.07) is 18.5. The fourth-order valence-corrected chi connectivity index (χ4v) is 3.86. The molecule has 131 valence electrons. The maximum absolute atomic E-state index is 5.97. The van der Waals surface area contributed by atoms with Gasteiger partial charge in [-0.15, -0.1) is 0 Å². The molecule has 0 aliphatic heterocycles. The van der Waals surface area contributed by atoms with E-state index >= 15 is 0 Å². The molecule has 1 atom stereocenters. The Morgan fingerprint density at radius 1 is 0.962 bits per heavy atom. The molecule has 0 bridgehead atoms. The molecule has 26 heavy (non-hydrogen) atoms. The number of rotatable bonds is 3. The first kappa shape index (κ1) is 21.0. The second-order valence-electron chi connectivity index (χ2n) is 6.03. The molecule has 0 fully saturated rings. The van der Waals surface area contributed by atoms with Crippen molar-refractivity contribution in [3.05, 3.63) is 101 Å². The summed E-state index contributed by atoms with van der Waals surface area (Å²) in [7, 11) is 0. The number of hydrogen-bond acceptors (Lipinski definition) is 1. The van der Waals surface area contributed by atoms with E-state index in [9.17, 15) is 0 Å². The van der Waals surface area contributed by atoms with Crippen molar-refractivity contribution in [1.29, 1.82) is 0 Å². The molecule has 1 unspecified atom stereocenters. The van der Waals surface area contributed by atoms with Gasteiger partial charge in [0.05, 0.1) is 0 Å². The van der Waals surface area contributed by atoms with Crippen molar-refractivity contribution >= 4 is 22.5 Å². The van der Waals surface area contributed by atoms with E-state index in [1.54, 1.807) is 0 Å². The first-order chi connectivity index (χ1) is 11.6. The number of para-hydroxylation sites is 1. The first-order valence-electron chi connectivity index (χ1n) is 7.84. The van der Waals surface area contributed by atoms with Gasteiger partial charge < -0.3 is 24.8 Å². The fourth-order valence-electron chi connectivity index (χ4n) is 3.14. The molecule has 0 saturated carbocycles. The molecule has 0 radical (unpaired) electrons. The summed E-state index contributed by atoms with van der Waals surface area (Å²) in [6.07, 6.45) is 9.47. The number of benzene rings is 2. The van der Waals surface area contributed by atoms with Crippen LogP contribution in [0.4, 0.5) is 0 Å². The molecule has 1 nitrogen and oxygen atoms in total. The minimum atomic E-state index is -0.240. The van der Waals surface area contributed by atoms with Crippen LogP contribution >= 0.6 is 11.6 Å². The molecule has 2 aromatic carbocycles. The topological polar surface area (TPSA) is 12.9 Å². The molecule has 4 rings (SSSR count). The number of nitrogens with zero attached hydrogens (tertiary/aromatic N) is 1. The van der Waals surface area contributed by atoms with Crippen molar-refractivity contribution in [2.45, 2.75) is 10.7 Å². The van der Waals surface area contributed by atoms with Gasteiger partial charge in [-0.3, -0.25) is 0 Å². The Hall–Kier alpha value is -1.27. The Balaban J connectivity index is 0.00000121. The van der Waals surface area contributed by atoms with Gasteiger partial charge >= 0.3 is 155 Å². The van der Waals surface area contributed by atoms with Crippen LogP contribution in [0.2, 0.25) is 5.02 Å². The molecule has 1 heterocycles. The third-order valence-corrected chi connectivity index (χ3v) is 5.31. The molecule has 1 aliphatic carbocycles. The van der Waals surface area contributed by atoms with E-state index < -0.39 is 0 Å². The standard InChI is InChI=1S/C21H15ClN.2ClH.Cr/c22-19-10-7-15(8-11-19)13-16-6-9-18(14-16)20-5-1-3-17-4-2-12-23-21(17)20;;;/h1-12,14H,13H2;2*1H;/q;;;+2/p-2. The van der Waals surface area contributed by atoms with Crippen molar-refractivity contribution in [2.24, 2.45) is 0 Å². The van der Waals surface area contributed by atoms with E-state index in [1.165, 1.54) is 16.7 Å². The Bertz CT molecular complexity index is 961. The smallest absolute Gasteiger partial charge is 1.00 e. The van der Waals surface area contributed by atoms with E-state index in [2.05, 4.69) is 75.9 Å². The average molecular weight is 440 g/mol. The zero-order valence-corrected chi connectivity index (χ0v) is 17.2. The SMILES string of the molecule is Clc1ccc(CC2=C[C]([Cr+2])(c3cccc4cccnc34)C=C2)cc1.[Cl-].[Cl-]. The zero-order valence-electron chi connectivity index (χ0n) is 13.7. The van der Waals surface area contributed by atoms with E-state index in [0.29, 0.717) is 0 Å². The normalized spacial score (nSPS) is 18.1. The van der Waals surface area contributed by atoms with Crippen LogP contribution in [0.1, 0.15) is 11.1 Å². The Morgan fingerprint density at radius 2 is 1.69 bits per heavy atom. The van der Waals surface area contributed by atoms with Crippen LogP contribution in [0.15, 0.2) is 84.6 Å². The molecular weight excluding hydrogens is 425 g/mol. The summed E-state index contributed by atoms with van der Waals surface area (Å²) in [6.45, 7) is 0. The molecule has 1 aromatic heterocycles. The van der Waals surface area contributed by atoms with Crippen LogP contribution in [0.25, 0.3) is 10.9 Å². The molecule has 5 heteroatoms. The number of pyridine rings is 1. The summed E-state index contributed by atoms with van der Waals surface area (Å²) in [5.74, 6) is 0. The number of hydrogen-bond donors (Lipinski definition) is 0. The van der Waals surface area contributed by atoms with E-state index in [-0.39, 0.29) is 29.1 Å². The third-order valence-electron chi connectivity index (χ3n) is 4.32. The zero-order chi connectivity index (χ0) is 16.6. The molecule has 0 amide bonds. The van der Waals surface area contributed by atoms with Gasteiger partial charge in [-0.2, -0.15) is 0 Å². The Kier molecular flexibility index (Phi) is 6.97. The van der Waals surface area contributed by atoms with Gasteiger partial charge in [0.15, 0.2) is 0 Å². The number of halogens is 3. The van der Waals surface area contributed by atoms with Gasteiger partial charge in [0.1, 0.15) is 0 Å². The third kappa shape index (κ3) is 4.17. The number of allylic oxidation sites excluding steroid dienone is 4. The largest absolute Gasteiger partial charge is 1.00 e. The monoisotopic (exact) mass is 438 g/mol. The molecule has 0 N–H and O–H groups in total. The minimum absolute atomic E-state index is 0. The van der Waals surface area contributed by atoms with Gasteiger partial charge in [0.2, 0.25) is 0 Å². The van der Waals surface area contributed by atoms with Gasteiger partial charge in [0.25, 0.3) is 0 Å². The van der Waals surface area contributed by atoms with Gasteiger partial charge in [0, 0.05) is 0 Å². The van der Waals surface area contributed by atoms with Crippen LogP contribution in [0, 0.1) is 0 Å². The Labute approximate surface area is 179 Å². The fraction of sp³-hybridized carbons (Fsp3) is 0.0952. The van der Waals surface area contributed by atoms with E-state index in [4.69, 9.17) is 11.6 Å². The first-order valence-corrected chi connectivity index (χ1v) is 8.86. The van der Waals surface area contributed by atoms with Crippen LogP contribution in [-0.2, 0) is 27.0 Å². The predicted octanol–water partition coefficient (Wildman–Crippen LogP) is -0.623. The predicted molar refractivity (Wildman–Crippen MR) is 95.8 cm³/mol. The van der Waals surface area contributed by atoms with Crippen LogP contribution < -0.4 is 24.8 Å². The second-order valence-corrected chi connectivity index (χ2v) is 7.52. The van der Waals surface area contributed by atoms with Crippen LogP contribution in [0.5, 0.6) is 0 Å². The van der Waals surface area contributed by atoms with Crippen LogP contribution in [0.3, 0.4) is 0 Å². The van der Waals surface area contributed by atoms with Crippen molar-refractivity contribution in [3.8, 4) is 0 Å². The van der Waals surface area contributed by atoms with E-state index in [1.807, 2.05) is 24.4 Å². The Morgan fingerprint density at radius 3 is 2.46 bits per heavy atom. The summed E-state index contributed by atoms with van der Waals surface area (Å²) >= 11 is 9.33. The maximum atomic E-state index is 5.97. The van der Waals surface area contributed by atoms with Crippen LogP contribution in [-0.4, -0.2) is 4.98 Å². The second kappa shape index (κ2) is 8.61. The summed E-state index contributed by atoms with van der Waals surface area (Å²) in [5, 5.41) is 1.94. The van der Waals surface area contributed by atoms with Gasteiger partial charge in [-0.05, 0) is 0 Å². The van der Waals surface area contributed by atoms with Gasteiger partial charge in [-0.1, -0.05) is 0 Å². The minimum Gasteiger partial charge on any atom is -1.00 e. The molecule has 0 spiro atoms. The van der Waals surface area contributed by atoms with Crippen molar-refractivity contribution < 1.29 is 41.1 Å². The summed E-state index contributed by atoms with van der Waals surface area (Å²) < 4.78 is -0.240. The van der Waals surface area contributed by atoms with Crippen molar-refractivity contribution in [2.75, 3.05) is 0 Å². The quantitative estimate of drug-likeness (QED) is 0.530. The molecule has 1 aliphatic rings. The van der Waals surface area contributed by atoms with E-state index in [0.717, 1.165) is 22.3 Å². The molecule has 3 aromatic rings. The molecular formula is C21H15Cl3CrN. The summed E-state index contributed by atoms with van der Waals surface area (Å²) in [5.41, 5.74) is 4.80. The van der Waals surface area contributed by atoms with Crippen molar-refractivity contribution in [1.82, 2.24) is 4.98 Å². The summed E-state index contributed by atoms with van der Waals surface area (Å²) in [4.78, 5) is 4.59. The number of aromatic nitrogens is 1. The number of fused-ring (bicyclic) bond motifs is 1. The van der Waals surface area contributed by atoms with Gasteiger partial charge in [-0.25, -0.2) is 0 Å². The van der Waals surface area contributed by atoms with Crippen molar-refractivity contribution in [3.63, 3.8) is 0 Å². The maximum Gasteiger partial charge on any atom is -1.00 e.